The summed E-state index contributed by atoms with van der Waals surface area (Å²) in [5.74, 6) is -0.609. The molecule has 4 atom stereocenters. The minimum absolute atomic E-state index is 0.0993. The summed E-state index contributed by atoms with van der Waals surface area (Å²) in [5.41, 5.74) is 0.643. The predicted molar refractivity (Wildman–Crippen MR) is 76.2 cm³/mol. The van der Waals surface area contributed by atoms with Gasteiger partial charge in [-0.3, -0.25) is 9.59 Å². The smallest absolute Gasteiger partial charge is 0.319 e. The first kappa shape index (κ1) is 14.5. The summed E-state index contributed by atoms with van der Waals surface area (Å²) in [6.07, 6.45) is -1.79. The third kappa shape index (κ3) is 2.80. The van der Waals surface area contributed by atoms with Gasteiger partial charge in [0, 0.05) is 19.0 Å². The van der Waals surface area contributed by atoms with Gasteiger partial charge in [0.05, 0.1) is 12.1 Å². The van der Waals surface area contributed by atoms with Gasteiger partial charge in [0.15, 0.2) is 18.0 Å². The summed E-state index contributed by atoms with van der Waals surface area (Å²) in [7, 11) is 0. The fourth-order valence-electron chi connectivity index (χ4n) is 2.84. The van der Waals surface area contributed by atoms with E-state index in [1.807, 2.05) is 6.07 Å². The number of para-hydroxylation sites is 1. The molecule has 2 N–H and O–H groups in total. The molecule has 7 nitrogen and oxygen atoms in total. The van der Waals surface area contributed by atoms with E-state index in [2.05, 4.69) is 10.6 Å². The molecule has 3 rings (SSSR count). The van der Waals surface area contributed by atoms with Crippen molar-refractivity contribution in [1.82, 2.24) is 5.32 Å². The van der Waals surface area contributed by atoms with E-state index in [9.17, 15) is 14.4 Å². The molecule has 1 aromatic rings. The maximum Gasteiger partial charge on any atom is 0.319 e. The molecule has 0 saturated carbocycles. The first-order valence-electron chi connectivity index (χ1n) is 7.02. The van der Waals surface area contributed by atoms with Crippen molar-refractivity contribution in [2.75, 3.05) is 5.32 Å². The van der Waals surface area contributed by atoms with Gasteiger partial charge in [0.1, 0.15) is 0 Å². The minimum Gasteiger partial charge on any atom is -0.457 e. The van der Waals surface area contributed by atoms with Crippen LogP contribution in [0.5, 0.6) is 0 Å². The molecule has 0 unspecified atom stereocenters. The molecular weight excluding hydrogens is 288 g/mol. The standard InChI is InChI=1S/C15H16N2O5/c1-8(18)21-14-12(11-7-10(19)13(14)22-11)17-15(20)16-9-5-3-2-4-6-9/h2-6,11-14H,7H2,1H3,(H2,16,17,20)/t11-,12-,13+,14+/m1/s1. The van der Waals surface area contributed by atoms with E-state index in [0.29, 0.717) is 5.69 Å². The van der Waals surface area contributed by atoms with Crippen LogP contribution in [0.1, 0.15) is 13.3 Å². The van der Waals surface area contributed by atoms with E-state index in [0.717, 1.165) is 0 Å². The van der Waals surface area contributed by atoms with Gasteiger partial charge in [-0.15, -0.1) is 0 Å². The van der Waals surface area contributed by atoms with Gasteiger partial charge >= 0.3 is 12.0 Å². The Labute approximate surface area is 127 Å². The molecule has 0 aliphatic carbocycles. The maximum absolute atomic E-state index is 12.1. The normalized spacial score (nSPS) is 29.2. The van der Waals surface area contributed by atoms with Crippen LogP contribution in [0, 0.1) is 0 Å². The summed E-state index contributed by atoms with van der Waals surface area (Å²) >= 11 is 0. The molecule has 2 amide bonds. The van der Waals surface area contributed by atoms with Crippen LogP contribution in [-0.4, -0.2) is 42.1 Å². The van der Waals surface area contributed by atoms with Crippen molar-refractivity contribution >= 4 is 23.5 Å². The number of esters is 1. The molecular formula is C15H16N2O5. The Morgan fingerprint density at radius 2 is 2.00 bits per heavy atom. The average molecular weight is 304 g/mol. The van der Waals surface area contributed by atoms with Crippen LogP contribution >= 0.6 is 0 Å². The Morgan fingerprint density at radius 3 is 2.68 bits per heavy atom. The zero-order valence-corrected chi connectivity index (χ0v) is 11.9. The van der Waals surface area contributed by atoms with Crippen LogP contribution in [0.25, 0.3) is 0 Å². The third-order valence-corrected chi connectivity index (χ3v) is 3.73. The van der Waals surface area contributed by atoms with Crippen molar-refractivity contribution in [2.45, 2.75) is 37.7 Å². The number of fused-ring (bicyclic) bond motifs is 2. The highest BCUT2D eigenvalue weighted by Gasteiger charge is 2.56. The summed E-state index contributed by atoms with van der Waals surface area (Å²) < 4.78 is 10.6. The molecule has 2 fully saturated rings. The fourth-order valence-corrected chi connectivity index (χ4v) is 2.84. The predicted octanol–water partition coefficient (Wildman–Crippen LogP) is 0.849. The number of anilines is 1. The number of hydrogen-bond acceptors (Lipinski definition) is 5. The lowest BCUT2D eigenvalue weighted by molar-refractivity contribution is -0.151. The van der Waals surface area contributed by atoms with Crippen molar-refractivity contribution < 1.29 is 23.9 Å². The first-order valence-corrected chi connectivity index (χ1v) is 7.02. The summed E-state index contributed by atoms with van der Waals surface area (Å²) in [6, 6.07) is 7.99. The molecule has 2 saturated heterocycles. The largest absolute Gasteiger partial charge is 0.457 e. The lowest BCUT2D eigenvalue weighted by Gasteiger charge is -2.27. The molecule has 0 spiro atoms. The summed E-state index contributed by atoms with van der Waals surface area (Å²) in [5, 5.41) is 5.41. The van der Waals surface area contributed by atoms with E-state index in [-0.39, 0.29) is 12.2 Å². The van der Waals surface area contributed by atoms with Crippen LogP contribution < -0.4 is 10.6 Å². The third-order valence-electron chi connectivity index (χ3n) is 3.73. The van der Waals surface area contributed by atoms with Gasteiger partial charge in [0.25, 0.3) is 0 Å². The first-order chi connectivity index (χ1) is 10.5. The monoisotopic (exact) mass is 304 g/mol. The highest BCUT2D eigenvalue weighted by Crippen LogP contribution is 2.34. The molecule has 2 aliphatic rings. The number of benzene rings is 1. The van der Waals surface area contributed by atoms with Crippen molar-refractivity contribution in [2.24, 2.45) is 0 Å². The number of ether oxygens (including phenoxy) is 2. The number of carbonyl (C=O) groups excluding carboxylic acids is 3. The Balaban J connectivity index is 1.66. The molecule has 2 aliphatic heterocycles. The fraction of sp³-hybridized carbons (Fsp3) is 0.400. The van der Waals surface area contributed by atoms with Crippen LogP contribution in [0.3, 0.4) is 0 Å². The molecule has 0 radical (unpaired) electrons. The summed E-state index contributed by atoms with van der Waals surface area (Å²) in [6.45, 7) is 1.26. The second-order valence-electron chi connectivity index (χ2n) is 5.33. The van der Waals surface area contributed by atoms with Crippen LogP contribution in [-0.2, 0) is 19.1 Å². The van der Waals surface area contributed by atoms with E-state index in [1.54, 1.807) is 24.3 Å². The number of urea groups is 1. The Bertz CT molecular complexity index is 603. The molecule has 2 bridgehead atoms. The van der Waals surface area contributed by atoms with E-state index < -0.39 is 36.4 Å². The minimum atomic E-state index is -0.782. The number of ketones is 1. The van der Waals surface area contributed by atoms with Crippen molar-refractivity contribution in [3.8, 4) is 0 Å². The lowest BCUT2D eigenvalue weighted by atomic mass is 9.91. The Morgan fingerprint density at radius 1 is 1.27 bits per heavy atom. The van der Waals surface area contributed by atoms with E-state index >= 15 is 0 Å². The highest BCUT2D eigenvalue weighted by atomic mass is 16.6. The van der Waals surface area contributed by atoms with Gasteiger partial charge in [-0.25, -0.2) is 4.79 Å². The number of hydrogen-bond donors (Lipinski definition) is 2. The van der Waals surface area contributed by atoms with Gasteiger partial charge in [-0.2, -0.15) is 0 Å². The summed E-state index contributed by atoms with van der Waals surface area (Å²) in [4.78, 5) is 34.9. The van der Waals surface area contributed by atoms with Crippen molar-refractivity contribution in [3.63, 3.8) is 0 Å². The number of rotatable bonds is 3. The zero-order valence-electron chi connectivity index (χ0n) is 11.9. The number of nitrogens with one attached hydrogen (secondary N) is 2. The molecule has 116 valence electrons. The van der Waals surface area contributed by atoms with E-state index in [4.69, 9.17) is 9.47 Å². The van der Waals surface area contributed by atoms with Gasteiger partial charge in [0.2, 0.25) is 0 Å². The highest BCUT2D eigenvalue weighted by molar-refractivity contribution is 5.91. The molecule has 7 heteroatoms. The second-order valence-corrected chi connectivity index (χ2v) is 5.33. The number of carbonyl (C=O) groups is 3. The molecule has 0 aromatic heterocycles. The zero-order chi connectivity index (χ0) is 15.7. The SMILES string of the molecule is CC(=O)O[C@H]1[C@H](NC(=O)Nc2ccccc2)[C@H]2CC(=O)[C@@H]1O2. The quantitative estimate of drug-likeness (QED) is 0.807. The van der Waals surface area contributed by atoms with Crippen LogP contribution in [0.2, 0.25) is 0 Å². The topological polar surface area (TPSA) is 93.7 Å². The van der Waals surface area contributed by atoms with Gasteiger partial charge in [-0.05, 0) is 12.1 Å². The van der Waals surface area contributed by atoms with Crippen LogP contribution in [0.4, 0.5) is 10.5 Å². The van der Waals surface area contributed by atoms with Gasteiger partial charge in [-0.1, -0.05) is 18.2 Å². The Hall–Kier alpha value is -2.41. The van der Waals surface area contributed by atoms with Crippen molar-refractivity contribution in [1.29, 1.82) is 0 Å². The van der Waals surface area contributed by atoms with Crippen LogP contribution in [0.15, 0.2) is 30.3 Å². The average Bonchev–Trinajstić information content (AvgIpc) is 2.98. The second kappa shape index (κ2) is 5.76. The van der Waals surface area contributed by atoms with E-state index in [1.165, 1.54) is 6.92 Å². The molecule has 1 aromatic carbocycles. The number of amides is 2. The molecule has 22 heavy (non-hydrogen) atoms. The Kier molecular flexibility index (Phi) is 3.81. The van der Waals surface area contributed by atoms with Gasteiger partial charge < -0.3 is 20.1 Å². The lowest BCUT2D eigenvalue weighted by Crippen LogP contribution is -2.54. The molecule has 2 heterocycles. The number of Topliss-reactive ketones (excluding diaryl/α,β-unsaturated/α-hetero) is 1. The maximum atomic E-state index is 12.1. The van der Waals surface area contributed by atoms with Crippen molar-refractivity contribution in [3.05, 3.63) is 30.3 Å².